The minimum absolute atomic E-state index is 0.0154. The van der Waals surface area contributed by atoms with Crippen molar-refractivity contribution in [1.82, 2.24) is 14.9 Å². The highest BCUT2D eigenvalue weighted by Crippen LogP contribution is 2.31. The first kappa shape index (κ1) is 57.3. The van der Waals surface area contributed by atoms with Crippen LogP contribution < -0.4 is 5.73 Å². The number of ketones is 2. The Morgan fingerprint density at radius 2 is 1.52 bits per heavy atom. The number of allylic oxidation sites excluding steroid dienone is 1. The van der Waals surface area contributed by atoms with E-state index in [9.17, 15) is 38.7 Å². The molecule has 0 bridgehead atoms. The summed E-state index contributed by atoms with van der Waals surface area (Å²) < 4.78 is 44.0. The lowest BCUT2D eigenvalue weighted by atomic mass is 9.84. The zero-order valence-corrected chi connectivity index (χ0v) is 40.3. The van der Waals surface area contributed by atoms with Crippen LogP contribution in [0.4, 0.5) is 0 Å². The molecule has 11 atom stereocenters. The topological polar surface area (TPSA) is 276 Å². The second-order valence-electron chi connectivity index (χ2n) is 16.5. The van der Waals surface area contributed by atoms with Crippen molar-refractivity contribution in [2.75, 3.05) is 35.5 Å². The lowest BCUT2D eigenvalue weighted by molar-refractivity contribution is -0.159. The average Bonchev–Trinajstić information content (AvgIpc) is 4.00. The number of esters is 3. The smallest absolute Gasteiger partial charge is 0.330 e. The van der Waals surface area contributed by atoms with Gasteiger partial charge in [0.2, 0.25) is 12.3 Å². The summed E-state index contributed by atoms with van der Waals surface area (Å²) in [6.07, 6.45) is 7.63. The lowest BCUT2D eigenvalue weighted by Crippen LogP contribution is -2.39. The van der Waals surface area contributed by atoms with Crippen LogP contribution in [0.2, 0.25) is 0 Å². The van der Waals surface area contributed by atoms with Crippen LogP contribution in [0.5, 0.6) is 0 Å². The highest BCUT2D eigenvalue weighted by molar-refractivity contribution is 5.92. The van der Waals surface area contributed by atoms with Gasteiger partial charge in [-0.05, 0) is 31.3 Å². The summed E-state index contributed by atoms with van der Waals surface area (Å²) in [5, 5.41) is 10.9. The molecule has 2 amide bonds. The van der Waals surface area contributed by atoms with Crippen LogP contribution in [-0.2, 0) is 57.2 Å². The Morgan fingerprint density at radius 1 is 0.851 bits per heavy atom. The number of ether oxygens (including phenoxy) is 6. The number of primary amides is 1. The molecule has 20 heteroatoms. The third-order valence-corrected chi connectivity index (χ3v) is 11.4. The highest BCUT2D eigenvalue weighted by atomic mass is 16.6. The van der Waals surface area contributed by atoms with E-state index in [4.69, 9.17) is 43.0 Å². The monoisotopic (exact) mass is 944 g/mol. The minimum atomic E-state index is -1.22. The number of nitrogens with two attached hydrogens (primary N) is 1. The molecule has 0 spiro atoms. The maximum absolute atomic E-state index is 13.5. The van der Waals surface area contributed by atoms with Gasteiger partial charge >= 0.3 is 23.8 Å². The van der Waals surface area contributed by atoms with Crippen molar-refractivity contribution >= 4 is 41.8 Å². The number of Topliss-reactive ketones (excluding diaryl/α,β-unsaturated/α-hetero) is 1. The van der Waals surface area contributed by atoms with Crippen LogP contribution in [0.1, 0.15) is 103 Å². The fourth-order valence-electron chi connectivity index (χ4n) is 7.27. The van der Waals surface area contributed by atoms with Crippen molar-refractivity contribution in [1.29, 1.82) is 0 Å². The Labute approximate surface area is 391 Å². The van der Waals surface area contributed by atoms with E-state index in [-0.39, 0.29) is 72.3 Å². The van der Waals surface area contributed by atoms with Gasteiger partial charge in [0.25, 0.3) is 5.89 Å². The van der Waals surface area contributed by atoms with Gasteiger partial charge in [-0.3, -0.25) is 28.8 Å². The molecule has 1 unspecified atom stereocenters. The first-order chi connectivity index (χ1) is 31.7. The normalized spacial score (nSPS) is 16.8. The third-order valence-electron chi connectivity index (χ3n) is 11.4. The predicted octanol–water partition coefficient (Wildman–Crippen LogP) is 4.90. The first-order valence-corrected chi connectivity index (χ1v) is 21.9. The molecule has 372 valence electrons. The highest BCUT2D eigenvalue weighted by Gasteiger charge is 2.35. The van der Waals surface area contributed by atoms with Crippen molar-refractivity contribution in [2.24, 2.45) is 35.3 Å². The van der Waals surface area contributed by atoms with E-state index in [1.807, 2.05) is 13.8 Å². The molecule has 2 heterocycles. The van der Waals surface area contributed by atoms with Crippen LogP contribution in [0.3, 0.4) is 0 Å². The zero-order chi connectivity index (χ0) is 50.4. The molecule has 2 rings (SSSR count). The molecule has 20 nitrogen and oxygen atoms in total. The molecule has 0 saturated carbocycles. The number of carbonyl (C=O) groups excluding carboxylic acids is 7. The number of hydrogen-bond acceptors (Lipinski definition) is 18. The molecule has 67 heavy (non-hydrogen) atoms. The summed E-state index contributed by atoms with van der Waals surface area (Å²) in [4.78, 5) is 95.9. The van der Waals surface area contributed by atoms with E-state index in [0.717, 1.165) is 6.26 Å². The Kier molecular flexibility index (Phi) is 24.8. The van der Waals surface area contributed by atoms with E-state index in [0.29, 0.717) is 12.8 Å². The Hall–Kier alpha value is -5.83. The number of carbonyl (C=O) groups is 7. The molecule has 0 aliphatic rings. The number of aliphatic hydroxyl groups excluding tert-OH is 1. The van der Waals surface area contributed by atoms with Gasteiger partial charge in [0, 0.05) is 72.3 Å². The molecule has 2 aromatic heterocycles. The Balaban J connectivity index is 2.17. The molecule has 0 aromatic carbocycles. The summed E-state index contributed by atoms with van der Waals surface area (Å²) in [5.41, 5.74) is 5.58. The molecular weight excluding hydrogens is 877 g/mol. The summed E-state index contributed by atoms with van der Waals surface area (Å²) in [6.45, 7) is 10.1. The van der Waals surface area contributed by atoms with Crippen molar-refractivity contribution in [3.05, 3.63) is 60.7 Å². The zero-order valence-electron chi connectivity index (χ0n) is 40.3. The van der Waals surface area contributed by atoms with Gasteiger partial charge < -0.3 is 53.0 Å². The minimum Gasteiger partial charge on any atom is -0.466 e. The maximum Gasteiger partial charge on any atom is 0.330 e. The van der Waals surface area contributed by atoms with Gasteiger partial charge in [0.1, 0.15) is 42.3 Å². The van der Waals surface area contributed by atoms with E-state index in [1.54, 1.807) is 40.0 Å². The van der Waals surface area contributed by atoms with E-state index in [2.05, 4.69) is 9.97 Å². The number of aromatic nitrogens is 2. The molecule has 0 saturated heterocycles. The standard InChI is InChI=1S/C47H68N4O16/c1-27(18-19-37(56)29(3)43(66-32(6)53)28(2)20-21-51(7)26-52)39(61-9)23-40(31(5)38(60-8)16-13-17-41(57)62-10)67-42(58)22-33(54)14-12-15-36(55)30(4)44(63-11)34-24-64-46(49-34)35-25-65-47(50-35)45(48)59/h12-13,15,17,20-21,24-31,33,38-40,43-44,54H,14,16,18-19,22-23H2,1-11H3,(H2,48,59)/b15-12+,17-13+,21-20+/t27-,28+,29-,30-,31+,33-,38-,39-,40-,43+,44?/m0/s1. The van der Waals surface area contributed by atoms with Gasteiger partial charge in [0.15, 0.2) is 11.5 Å². The number of aliphatic hydroxyl groups is 1. The quantitative estimate of drug-likeness (QED) is 0.0427. The van der Waals surface area contributed by atoms with Gasteiger partial charge in [-0.25, -0.2) is 9.78 Å². The van der Waals surface area contributed by atoms with Crippen molar-refractivity contribution in [2.45, 2.75) is 117 Å². The summed E-state index contributed by atoms with van der Waals surface area (Å²) in [6, 6.07) is 0. The Bertz CT molecular complexity index is 2010. The van der Waals surface area contributed by atoms with E-state index >= 15 is 0 Å². The van der Waals surface area contributed by atoms with Gasteiger partial charge in [-0.1, -0.05) is 52.8 Å². The number of nitrogens with zero attached hydrogens (tertiary/aromatic N) is 3. The first-order valence-electron chi connectivity index (χ1n) is 21.9. The second-order valence-corrected chi connectivity index (χ2v) is 16.5. The van der Waals surface area contributed by atoms with Gasteiger partial charge in [-0.2, -0.15) is 4.98 Å². The number of hydrogen-bond donors (Lipinski definition) is 2. The second kappa shape index (κ2) is 29.0. The Morgan fingerprint density at radius 3 is 2.10 bits per heavy atom. The van der Waals surface area contributed by atoms with Crippen LogP contribution in [-0.4, -0.2) is 128 Å². The van der Waals surface area contributed by atoms with Gasteiger partial charge in [-0.15, -0.1) is 0 Å². The number of amides is 2. The number of oxazole rings is 2. The van der Waals surface area contributed by atoms with Crippen LogP contribution in [0.15, 0.2) is 57.9 Å². The molecule has 2 aromatic rings. The summed E-state index contributed by atoms with van der Waals surface area (Å²) in [7, 11) is 7.22. The largest absolute Gasteiger partial charge is 0.466 e. The SMILES string of the molecule is COC(=O)/C=C/C[C@H](OC)[C@@H](C)[C@H](C[C@H](OC)[C@@H](C)CCC(=O)[C@H](C)[C@H](OC(C)=O)[C@H](C)/C=C/N(C)C=O)OC(=O)C[C@@H](O)C/C=C/C(=O)[C@H](C)C(OC)c1coc(-c2coc(C(N)=O)n2)n1. The maximum atomic E-state index is 13.5. The summed E-state index contributed by atoms with van der Waals surface area (Å²) >= 11 is 0. The lowest BCUT2D eigenvalue weighted by Gasteiger charge is -2.34. The molecule has 3 N–H and O–H groups in total. The molecular formula is C47H68N4O16. The molecule has 0 fully saturated rings. The van der Waals surface area contributed by atoms with Crippen LogP contribution in [0, 0.1) is 29.6 Å². The molecule has 0 radical (unpaired) electrons. The fourth-order valence-corrected chi connectivity index (χ4v) is 7.27. The summed E-state index contributed by atoms with van der Waals surface area (Å²) in [5.74, 6) is -6.01. The fraction of sp³-hybridized carbons (Fsp3) is 0.596. The average molecular weight is 945 g/mol. The third kappa shape index (κ3) is 18.8. The van der Waals surface area contributed by atoms with Crippen molar-refractivity contribution < 1.29 is 75.9 Å². The predicted molar refractivity (Wildman–Crippen MR) is 240 cm³/mol. The van der Waals surface area contributed by atoms with E-state index < -0.39 is 84.6 Å². The number of methoxy groups -OCH3 is 4. The molecule has 0 aliphatic carbocycles. The van der Waals surface area contributed by atoms with Crippen LogP contribution >= 0.6 is 0 Å². The van der Waals surface area contributed by atoms with Crippen LogP contribution in [0.25, 0.3) is 11.6 Å². The van der Waals surface area contributed by atoms with E-state index in [1.165, 1.54) is 71.0 Å². The van der Waals surface area contributed by atoms with Crippen molar-refractivity contribution in [3.63, 3.8) is 0 Å². The molecule has 0 aliphatic heterocycles. The number of rotatable bonds is 32. The van der Waals surface area contributed by atoms with Crippen molar-refractivity contribution in [3.8, 4) is 11.6 Å². The van der Waals surface area contributed by atoms with Gasteiger partial charge in [0.05, 0.1) is 43.7 Å².